The summed E-state index contributed by atoms with van der Waals surface area (Å²) >= 11 is 0. The molecular weight excluding hydrogens is 264 g/mol. The Morgan fingerprint density at radius 3 is 2.42 bits per heavy atom. The van der Waals surface area contributed by atoms with Crippen molar-refractivity contribution in [2.45, 2.75) is 13.8 Å². The highest BCUT2D eigenvalue weighted by molar-refractivity contribution is 7.90. The molecule has 0 saturated heterocycles. The first-order chi connectivity index (χ1) is 8.93. The molecule has 0 aromatic heterocycles. The fraction of sp³-hybridized carbons (Fsp3) is 0.385. The Hall–Kier alpha value is -1.55. The third-order valence-corrected chi connectivity index (χ3v) is 3.18. The zero-order valence-electron chi connectivity index (χ0n) is 11.0. The highest BCUT2D eigenvalue weighted by Gasteiger charge is 2.09. The number of aliphatic hydroxyl groups is 1. The van der Waals surface area contributed by atoms with Crippen molar-refractivity contribution >= 4 is 15.9 Å². The van der Waals surface area contributed by atoms with Gasteiger partial charge in [0, 0.05) is 17.8 Å². The first-order valence-electron chi connectivity index (χ1n) is 5.90. The van der Waals surface area contributed by atoms with Crippen LogP contribution >= 0.6 is 0 Å². The molecule has 6 heteroatoms. The van der Waals surface area contributed by atoms with E-state index >= 15 is 0 Å². The SMILES string of the molecule is CC(C)CNS(=O)(=O)Nc1ccc(C#CCO)cc1. The first kappa shape index (κ1) is 15.5. The second-order valence-corrected chi connectivity index (χ2v) is 5.88. The van der Waals surface area contributed by atoms with Crippen molar-refractivity contribution in [1.82, 2.24) is 4.72 Å². The van der Waals surface area contributed by atoms with Crippen LogP contribution in [0.25, 0.3) is 0 Å². The van der Waals surface area contributed by atoms with Gasteiger partial charge in [0.05, 0.1) is 0 Å². The van der Waals surface area contributed by atoms with E-state index in [9.17, 15) is 8.42 Å². The molecule has 0 aliphatic carbocycles. The topological polar surface area (TPSA) is 78.4 Å². The van der Waals surface area contributed by atoms with Crippen molar-refractivity contribution in [3.8, 4) is 11.8 Å². The average molecular weight is 282 g/mol. The summed E-state index contributed by atoms with van der Waals surface area (Å²) in [5, 5.41) is 8.57. The van der Waals surface area contributed by atoms with Crippen LogP contribution in [0.4, 0.5) is 5.69 Å². The van der Waals surface area contributed by atoms with E-state index in [4.69, 9.17) is 5.11 Å². The lowest BCUT2D eigenvalue weighted by Gasteiger charge is -2.10. The van der Waals surface area contributed by atoms with Crippen molar-refractivity contribution in [3.63, 3.8) is 0 Å². The van der Waals surface area contributed by atoms with Crippen molar-refractivity contribution < 1.29 is 13.5 Å². The second kappa shape index (κ2) is 7.14. The maximum absolute atomic E-state index is 11.7. The Morgan fingerprint density at radius 2 is 1.89 bits per heavy atom. The minimum atomic E-state index is -3.54. The average Bonchev–Trinajstić information content (AvgIpc) is 2.35. The Bertz CT molecular complexity index is 554. The monoisotopic (exact) mass is 282 g/mol. The van der Waals surface area contributed by atoms with Crippen molar-refractivity contribution in [3.05, 3.63) is 29.8 Å². The normalized spacial score (nSPS) is 10.9. The van der Waals surface area contributed by atoms with Crippen LogP contribution in [0.5, 0.6) is 0 Å². The molecule has 0 saturated carbocycles. The van der Waals surface area contributed by atoms with Gasteiger partial charge in [-0.2, -0.15) is 13.1 Å². The smallest absolute Gasteiger partial charge is 0.299 e. The van der Waals surface area contributed by atoms with Gasteiger partial charge in [0.1, 0.15) is 6.61 Å². The molecule has 1 rings (SSSR count). The van der Waals surface area contributed by atoms with Crippen LogP contribution in [-0.2, 0) is 10.2 Å². The van der Waals surface area contributed by atoms with Gasteiger partial charge < -0.3 is 5.11 Å². The summed E-state index contributed by atoms with van der Waals surface area (Å²) in [5.41, 5.74) is 1.18. The molecule has 0 unspecified atom stereocenters. The van der Waals surface area contributed by atoms with Gasteiger partial charge in [-0.25, -0.2) is 0 Å². The van der Waals surface area contributed by atoms with E-state index in [1.165, 1.54) is 0 Å². The van der Waals surface area contributed by atoms with Crippen molar-refractivity contribution in [2.24, 2.45) is 5.92 Å². The molecule has 0 radical (unpaired) electrons. The summed E-state index contributed by atoms with van der Waals surface area (Å²) in [6, 6.07) is 6.61. The van der Waals surface area contributed by atoms with E-state index in [0.29, 0.717) is 17.8 Å². The molecule has 0 atom stereocenters. The molecular formula is C13H18N2O3S. The lowest BCUT2D eigenvalue weighted by atomic mass is 10.2. The summed E-state index contributed by atoms with van der Waals surface area (Å²) in [4.78, 5) is 0. The zero-order valence-corrected chi connectivity index (χ0v) is 11.8. The van der Waals surface area contributed by atoms with E-state index < -0.39 is 10.2 Å². The Balaban J connectivity index is 2.67. The number of rotatable bonds is 5. The van der Waals surface area contributed by atoms with Crippen LogP contribution in [0.1, 0.15) is 19.4 Å². The van der Waals surface area contributed by atoms with Gasteiger partial charge in [-0.1, -0.05) is 25.7 Å². The molecule has 19 heavy (non-hydrogen) atoms. The molecule has 104 valence electrons. The number of anilines is 1. The molecule has 0 aliphatic heterocycles. The summed E-state index contributed by atoms with van der Waals surface area (Å²) in [5.74, 6) is 5.49. The maximum atomic E-state index is 11.7. The molecule has 1 aromatic rings. The molecule has 3 N–H and O–H groups in total. The van der Waals surface area contributed by atoms with Gasteiger partial charge in [-0.3, -0.25) is 4.72 Å². The molecule has 0 bridgehead atoms. The summed E-state index contributed by atoms with van der Waals surface area (Å²) in [6.07, 6.45) is 0. The van der Waals surface area contributed by atoms with E-state index in [2.05, 4.69) is 21.3 Å². The first-order valence-corrected chi connectivity index (χ1v) is 7.38. The summed E-state index contributed by atoms with van der Waals surface area (Å²) < 4.78 is 28.2. The third-order valence-electron chi connectivity index (χ3n) is 2.13. The Morgan fingerprint density at radius 1 is 1.26 bits per heavy atom. The molecule has 1 aromatic carbocycles. The van der Waals surface area contributed by atoms with E-state index in [1.807, 2.05) is 13.8 Å². The van der Waals surface area contributed by atoms with E-state index in [-0.39, 0.29) is 12.5 Å². The zero-order chi connectivity index (χ0) is 14.3. The van der Waals surface area contributed by atoms with Gasteiger partial charge in [0.15, 0.2) is 0 Å². The Kier molecular flexibility index (Phi) is 5.83. The van der Waals surface area contributed by atoms with Crippen LogP contribution in [0.3, 0.4) is 0 Å². The van der Waals surface area contributed by atoms with Crippen molar-refractivity contribution in [2.75, 3.05) is 17.9 Å². The van der Waals surface area contributed by atoms with Gasteiger partial charge in [0.2, 0.25) is 0 Å². The molecule has 0 amide bonds. The van der Waals surface area contributed by atoms with Crippen LogP contribution in [0.2, 0.25) is 0 Å². The van der Waals surface area contributed by atoms with E-state index in [0.717, 1.165) is 0 Å². The lowest BCUT2D eigenvalue weighted by Crippen LogP contribution is -2.32. The van der Waals surface area contributed by atoms with E-state index in [1.54, 1.807) is 24.3 Å². The third kappa shape index (κ3) is 6.25. The molecule has 5 nitrogen and oxygen atoms in total. The molecule has 0 fully saturated rings. The molecule has 0 heterocycles. The highest BCUT2D eigenvalue weighted by atomic mass is 32.2. The minimum Gasteiger partial charge on any atom is -0.384 e. The largest absolute Gasteiger partial charge is 0.384 e. The second-order valence-electron chi connectivity index (χ2n) is 4.39. The summed E-state index contributed by atoms with van der Waals surface area (Å²) in [6.45, 7) is 4.04. The van der Waals surface area contributed by atoms with Crippen LogP contribution in [0.15, 0.2) is 24.3 Å². The minimum absolute atomic E-state index is 0.201. The predicted octanol–water partition coefficient (Wildman–Crippen LogP) is 0.933. The fourth-order valence-corrected chi connectivity index (χ4v) is 2.30. The standard InChI is InChI=1S/C13H18N2O3S/c1-11(2)10-14-19(17,18)15-13-7-5-12(6-8-13)4-3-9-16/h5-8,11,14-16H,9-10H2,1-2H3. The summed E-state index contributed by atoms with van der Waals surface area (Å²) in [7, 11) is -3.54. The van der Waals surface area contributed by atoms with Crippen molar-refractivity contribution in [1.29, 1.82) is 0 Å². The van der Waals surface area contributed by atoms with Gasteiger partial charge in [-0.05, 0) is 30.2 Å². The number of hydrogen-bond acceptors (Lipinski definition) is 3. The number of aliphatic hydroxyl groups excluding tert-OH is 1. The number of nitrogens with one attached hydrogen (secondary N) is 2. The van der Waals surface area contributed by atoms with Crippen LogP contribution in [0, 0.1) is 17.8 Å². The quantitative estimate of drug-likeness (QED) is 0.703. The highest BCUT2D eigenvalue weighted by Crippen LogP contribution is 2.10. The van der Waals surface area contributed by atoms with Crippen LogP contribution < -0.4 is 9.44 Å². The number of hydrogen-bond donors (Lipinski definition) is 3. The molecule has 0 aliphatic rings. The Labute approximate surface area is 114 Å². The lowest BCUT2D eigenvalue weighted by molar-refractivity contribution is 0.350. The molecule has 0 spiro atoms. The maximum Gasteiger partial charge on any atom is 0.299 e. The number of benzene rings is 1. The predicted molar refractivity (Wildman–Crippen MR) is 75.8 cm³/mol. The fourth-order valence-electron chi connectivity index (χ4n) is 1.23. The van der Waals surface area contributed by atoms with Gasteiger partial charge in [-0.15, -0.1) is 0 Å². The van der Waals surface area contributed by atoms with Crippen LogP contribution in [-0.4, -0.2) is 26.7 Å². The van der Waals surface area contributed by atoms with Gasteiger partial charge in [0.25, 0.3) is 10.2 Å². The van der Waals surface area contributed by atoms with Gasteiger partial charge >= 0.3 is 0 Å².